The van der Waals surface area contributed by atoms with Crippen LogP contribution in [0.4, 0.5) is 11.4 Å². The van der Waals surface area contributed by atoms with Gasteiger partial charge in [0.2, 0.25) is 0 Å². The second kappa shape index (κ2) is 5.84. The molecule has 1 N–H and O–H groups in total. The number of rotatable bonds is 4. The first-order valence-electron chi connectivity index (χ1n) is 5.79. The Morgan fingerprint density at radius 2 is 1.89 bits per heavy atom. The van der Waals surface area contributed by atoms with E-state index >= 15 is 0 Å². The number of anilines is 1. The minimum absolute atomic E-state index is 0.110. The summed E-state index contributed by atoms with van der Waals surface area (Å²) in [6, 6.07) is 12.9. The van der Waals surface area contributed by atoms with Gasteiger partial charge in [0.15, 0.2) is 0 Å². The Labute approximate surface area is 119 Å². The highest BCUT2D eigenvalue weighted by atomic mass is 79.9. The van der Waals surface area contributed by atoms with Gasteiger partial charge in [-0.05, 0) is 36.2 Å². The zero-order valence-corrected chi connectivity index (χ0v) is 12.0. The van der Waals surface area contributed by atoms with Crippen molar-refractivity contribution in [3.8, 4) is 0 Å². The van der Waals surface area contributed by atoms with Crippen LogP contribution in [0.2, 0.25) is 0 Å². The Balaban J connectivity index is 2.11. The van der Waals surface area contributed by atoms with Crippen LogP contribution in [0.1, 0.15) is 11.1 Å². The van der Waals surface area contributed by atoms with Gasteiger partial charge in [-0.2, -0.15) is 0 Å². The fourth-order valence-electron chi connectivity index (χ4n) is 1.78. The third-order valence-corrected chi connectivity index (χ3v) is 3.21. The second-order valence-corrected chi connectivity index (χ2v) is 5.21. The lowest BCUT2D eigenvalue weighted by Gasteiger charge is -2.07. The van der Waals surface area contributed by atoms with E-state index in [1.165, 1.54) is 0 Å². The molecule has 0 aliphatic rings. The quantitative estimate of drug-likeness (QED) is 0.675. The number of non-ortho nitro benzene ring substituents is 1. The van der Waals surface area contributed by atoms with Gasteiger partial charge < -0.3 is 5.32 Å². The minimum Gasteiger partial charge on any atom is -0.381 e. The maximum atomic E-state index is 10.8. The van der Waals surface area contributed by atoms with Crippen LogP contribution in [-0.2, 0) is 6.54 Å². The molecule has 0 unspecified atom stereocenters. The van der Waals surface area contributed by atoms with E-state index in [1.807, 2.05) is 37.3 Å². The van der Waals surface area contributed by atoms with Gasteiger partial charge in [0, 0.05) is 28.8 Å². The van der Waals surface area contributed by atoms with Crippen molar-refractivity contribution in [1.29, 1.82) is 0 Å². The molecule has 0 spiro atoms. The van der Waals surface area contributed by atoms with Crippen molar-refractivity contribution in [2.75, 3.05) is 5.32 Å². The topological polar surface area (TPSA) is 55.2 Å². The highest BCUT2D eigenvalue weighted by molar-refractivity contribution is 9.10. The van der Waals surface area contributed by atoms with Crippen LogP contribution in [0.3, 0.4) is 0 Å². The zero-order valence-electron chi connectivity index (χ0n) is 10.4. The summed E-state index contributed by atoms with van der Waals surface area (Å²) in [7, 11) is 0. The summed E-state index contributed by atoms with van der Waals surface area (Å²) in [5.41, 5.74) is 2.85. The van der Waals surface area contributed by atoms with Crippen LogP contribution in [0, 0.1) is 17.0 Å². The fourth-order valence-corrected chi connectivity index (χ4v) is 2.04. The SMILES string of the molecule is Cc1cc(NCc2ccc(Br)cc2)cc([N+](=O)[O-])c1. The molecular weight excluding hydrogens is 308 g/mol. The maximum Gasteiger partial charge on any atom is 0.271 e. The summed E-state index contributed by atoms with van der Waals surface area (Å²) in [4.78, 5) is 10.4. The average Bonchev–Trinajstić information content (AvgIpc) is 2.37. The molecule has 98 valence electrons. The molecule has 4 nitrogen and oxygen atoms in total. The minimum atomic E-state index is -0.377. The van der Waals surface area contributed by atoms with Gasteiger partial charge in [0.1, 0.15) is 0 Å². The van der Waals surface area contributed by atoms with E-state index in [2.05, 4.69) is 21.2 Å². The van der Waals surface area contributed by atoms with E-state index in [0.29, 0.717) is 6.54 Å². The summed E-state index contributed by atoms with van der Waals surface area (Å²) in [6.07, 6.45) is 0. The van der Waals surface area contributed by atoms with E-state index in [-0.39, 0.29) is 10.6 Å². The Bertz CT molecular complexity index is 597. The predicted molar refractivity (Wildman–Crippen MR) is 79.3 cm³/mol. The van der Waals surface area contributed by atoms with Crippen molar-refractivity contribution in [2.45, 2.75) is 13.5 Å². The van der Waals surface area contributed by atoms with Crippen LogP contribution in [0.15, 0.2) is 46.9 Å². The molecule has 5 heteroatoms. The molecule has 2 aromatic carbocycles. The number of halogens is 1. The lowest BCUT2D eigenvalue weighted by molar-refractivity contribution is -0.384. The maximum absolute atomic E-state index is 10.8. The van der Waals surface area contributed by atoms with Crippen molar-refractivity contribution in [2.24, 2.45) is 0 Å². The molecule has 0 aliphatic carbocycles. The third-order valence-electron chi connectivity index (χ3n) is 2.68. The van der Waals surface area contributed by atoms with Crippen LogP contribution in [0.25, 0.3) is 0 Å². The first-order chi connectivity index (χ1) is 9.04. The number of nitrogens with zero attached hydrogens (tertiary/aromatic N) is 1. The van der Waals surface area contributed by atoms with Gasteiger partial charge >= 0.3 is 0 Å². The van der Waals surface area contributed by atoms with Crippen molar-refractivity contribution < 1.29 is 4.92 Å². The zero-order chi connectivity index (χ0) is 13.8. The highest BCUT2D eigenvalue weighted by Crippen LogP contribution is 2.21. The largest absolute Gasteiger partial charge is 0.381 e. The number of hydrogen-bond donors (Lipinski definition) is 1. The number of benzene rings is 2. The molecule has 0 amide bonds. The normalized spacial score (nSPS) is 10.2. The van der Waals surface area contributed by atoms with Crippen molar-refractivity contribution in [3.63, 3.8) is 0 Å². The molecule has 0 saturated carbocycles. The van der Waals surface area contributed by atoms with Crippen LogP contribution >= 0.6 is 15.9 Å². The lowest BCUT2D eigenvalue weighted by Crippen LogP contribution is -2.00. The van der Waals surface area contributed by atoms with E-state index < -0.39 is 0 Å². The van der Waals surface area contributed by atoms with E-state index in [4.69, 9.17) is 0 Å². The monoisotopic (exact) mass is 320 g/mol. The number of nitro benzene ring substituents is 1. The predicted octanol–water partition coefficient (Wildman–Crippen LogP) is 4.28. The second-order valence-electron chi connectivity index (χ2n) is 4.29. The molecule has 19 heavy (non-hydrogen) atoms. The molecular formula is C14H13BrN2O2. The Morgan fingerprint density at radius 1 is 1.21 bits per heavy atom. The Hall–Kier alpha value is -1.88. The van der Waals surface area contributed by atoms with Crippen molar-refractivity contribution in [1.82, 2.24) is 0 Å². The molecule has 0 aromatic heterocycles. The molecule has 2 aromatic rings. The fraction of sp³-hybridized carbons (Fsp3) is 0.143. The van der Waals surface area contributed by atoms with E-state index in [1.54, 1.807) is 12.1 Å². The highest BCUT2D eigenvalue weighted by Gasteiger charge is 2.07. The summed E-state index contributed by atoms with van der Waals surface area (Å²) in [6.45, 7) is 2.48. The molecule has 0 heterocycles. The third kappa shape index (κ3) is 3.79. The molecule has 0 bridgehead atoms. The molecule has 0 radical (unpaired) electrons. The van der Waals surface area contributed by atoms with Gasteiger partial charge in [0.05, 0.1) is 4.92 Å². The van der Waals surface area contributed by atoms with Gasteiger partial charge in [-0.1, -0.05) is 28.1 Å². The number of nitrogens with one attached hydrogen (secondary N) is 1. The Morgan fingerprint density at radius 3 is 2.53 bits per heavy atom. The van der Waals surface area contributed by atoms with Crippen LogP contribution < -0.4 is 5.32 Å². The van der Waals surface area contributed by atoms with Crippen LogP contribution in [0.5, 0.6) is 0 Å². The van der Waals surface area contributed by atoms with Crippen molar-refractivity contribution in [3.05, 3.63) is 68.2 Å². The Kier molecular flexibility index (Phi) is 4.16. The summed E-state index contributed by atoms with van der Waals surface area (Å²) in [5, 5.41) is 14.0. The van der Waals surface area contributed by atoms with Crippen LogP contribution in [-0.4, -0.2) is 4.92 Å². The number of aryl methyl sites for hydroxylation is 1. The summed E-state index contributed by atoms with van der Waals surface area (Å²) in [5.74, 6) is 0. The summed E-state index contributed by atoms with van der Waals surface area (Å²) < 4.78 is 1.03. The molecule has 2 rings (SSSR count). The van der Waals surface area contributed by atoms with Gasteiger partial charge in [-0.3, -0.25) is 10.1 Å². The number of hydrogen-bond acceptors (Lipinski definition) is 3. The van der Waals surface area contributed by atoms with Crippen molar-refractivity contribution >= 4 is 27.3 Å². The average molecular weight is 321 g/mol. The first-order valence-corrected chi connectivity index (χ1v) is 6.58. The van der Waals surface area contributed by atoms with Gasteiger partial charge in [0.25, 0.3) is 5.69 Å². The van der Waals surface area contributed by atoms with Gasteiger partial charge in [-0.15, -0.1) is 0 Å². The smallest absolute Gasteiger partial charge is 0.271 e. The molecule has 0 aliphatic heterocycles. The molecule has 0 saturated heterocycles. The standard InChI is InChI=1S/C14H13BrN2O2/c1-10-6-13(8-14(7-10)17(18)19)16-9-11-2-4-12(15)5-3-11/h2-8,16H,9H2,1H3. The van der Waals surface area contributed by atoms with E-state index in [9.17, 15) is 10.1 Å². The summed E-state index contributed by atoms with van der Waals surface area (Å²) >= 11 is 3.38. The lowest BCUT2D eigenvalue weighted by atomic mass is 10.2. The number of nitro groups is 1. The molecule has 0 atom stereocenters. The van der Waals surface area contributed by atoms with E-state index in [0.717, 1.165) is 21.3 Å². The molecule has 0 fully saturated rings. The van der Waals surface area contributed by atoms with Gasteiger partial charge in [-0.25, -0.2) is 0 Å². The first kappa shape index (κ1) is 13.5.